The molecule has 0 spiro atoms. The largest absolute Gasteiger partial charge is 0.508 e. The van der Waals surface area contributed by atoms with Crippen LogP contribution in [0.5, 0.6) is 17.2 Å². The molecule has 0 unspecified atom stereocenters. The predicted octanol–water partition coefficient (Wildman–Crippen LogP) is 5.54. The van der Waals surface area contributed by atoms with Crippen molar-refractivity contribution in [1.82, 2.24) is 0 Å². The first-order valence-electron chi connectivity index (χ1n) is 9.43. The molecule has 0 fully saturated rings. The van der Waals surface area contributed by atoms with Crippen LogP contribution in [0.1, 0.15) is 40.9 Å². The molecule has 4 nitrogen and oxygen atoms in total. The van der Waals surface area contributed by atoms with Crippen LogP contribution in [0, 0.1) is 0 Å². The average Bonchev–Trinajstić information content (AvgIpc) is 2.71. The van der Waals surface area contributed by atoms with Crippen molar-refractivity contribution in [2.75, 3.05) is 14.2 Å². The Morgan fingerprint density at radius 1 is 1.03 bits per heavy atom. The second-order valence-corrected chi connectivity index (χ2v) is 6.93. The summed E-state index contributed by atoms with van der Waals surface area (Å²) in [5, 5.41) is 10.1. The summed E-state index contributed by atoms with van der Waals surface area (Å²) in [6, 6.07) is 8.79. The predicted molar refractivity (Wildman–Crippen MR) is 118 cm³/mol. The molecule has 0 saturated heterocycles. The number of ketones is 1. The SMILES string of the molecule is C=CCc1cc(/C=C/C(=O)c2ccc(OC)c(CC=C(C)C)c2)c(OC)cc1O. The maximum atomic E-state index is 12.7. The number of phenolic OH excluding ortho intramolecular Hbond substituents is 1. The average molecular weight is 392 g/mol. The summed E-state index contributed by atoms with van der Waals surface area (Å²) in [5.41, 5.74) is 4.19. The first-order valence-corrected chi connectivity index (χ1v) is 9.43. The number of phenols is 1. The summed E-state index contributed by atoms with van der Waals surface area (Å²) in [6.45, 7) is 7.78. The van der Waals surface area contributed by atoms with E-state index in [1.807, 2.05) is 26.0 Å². The van der Waals surface area contributed by atoms with E-state index >= 15 is 0 Å². The molecule has 152 valence electrons. The lowest BCUT2D eigenvalue weighted by Gasteiger charge is -2.10. The minimum atomic E-state index is -0.119. The van der Waals surface area contributed by atoms with Gasteiger partial charge in [0.25, 0.3) is 0 Å². The van der Waals surface area contributed by atoms with Crippen LogP contribution in [0.4, 0.5) is 0 Å². The van der Waals surface area contributed by atoms with Crippen LogP contribution in [0.2, 0.25) is 0 Å². The Kier molecular flexibility index (Phi) is 7.84. The van der Waals surface area contributed by atoms with Crippen molar-refractivity contribution in [3.05, 3.63) is 83.0 Å². The second kappa shape index (κ2) is 10.3. The molecule has 2 aromatic rings. The highest BCUT2D eigenvalue weighted by atomic mass is 16.5. The fourth-order valence-electron chi connectivity index (χ4n) is 2.93. The van der Waals surface area contributed by atoms with Crippen LogP contribution in [-0.4, -0.2) is 25.1 Å². The van der Waals surface area contributed by atoms with Gasteiger partial charge in [-0.05, 0) is 74.2 Å². The number of hydrogen-bond donors (Lipinski definition) is 1. The van der Waals surface area contributed by atoms with Gasteiger partial charge in [-0.2, -0.15) is 0 Å². The minimum absolute atomic E-state index is 0.119. The zero-order chi connectivity index (χ0) is 21.4. The van der Waals surface area contributed by atoms with Gasteiger partial charge in [0.1, 0.15) is 17.2 Å². The summed E-state index contributed by atoms with van der Waals surface area (Å²) >= 11 is 0. The number of hydrogen-bond acceptors (Lipinski definition) is 4. The second-order valence-electron chi connectivity index (χ2n) is 6.93. The summed E-state index contributed by atoms with van der Waals surface area (Å²) in [5.74, 6) is 1.28. The number of rotatable bonds is 9. The van der Waals surface area contributed by atoms with E-state index < -0.39 is 0 Å². The van der Waals surface area contributed by atoms with Crippen molar-refractivity contribution in [2.24, 2.45) is 0 Å². The highest BCUT2D eigenvalue weighted by molar-refractivity contribution is 6.07. The molecule has 29 heavy (non-hydrogen) atoms. The van der Waals surface area contributed by atoms with Gasteiger partial charge in [0.15, 0.2) is 5.78 Å². The molecule has 0 aromatic heterocycles. The van der Waals surface area contributed by atoms with E-state index in [9.17, 15) is 9.90 Å². The molecule has 2 rings (SSSR count). The normalized spacial score (nSPS) is 10.6. The lowest BCUT2D eigenvalue weighted by atomic mass is 10.0. The lowest BCUT2D eigenvalue weighted by molar-refractivity contribution is 0.104. The van der Waals surface area contributed by atoms with E-state index in [4.69, 9.17) is 9.47 Å². The monoisotopic (exact) mass is 392 g/mol. The molecule has 0 heterocycles. The summed E-state index contributed by atoms with van der Waals surface area (Å²) < 4.78 is 10.7. The third kappa shape index (κ3) is 5.85. The number of carbonyl (C=O) groups excluding carboxylic acids is 1. The number of methoxy groups -OCH3 is 2. The molecule has 0 saturated carbocycles. The summed E-state index contributed by atoms with van der Waals surface area (Å²) in [7, 11) is 3.15. The molecule has 0 bridgehead atoms. The Balaban J connectivity index is 2.33. The number of aromatic hydroxyl groups is 1. The molecular formula is C25H28O4. The van der Waals surface area contributed by atoms with Crippen molar-refractivity contribution in [2.45, 2.75) is 26.7 Å². The van der Waals surface area contributed by atoms with Crippen molar-refractivity contribution < 1.29 is 19.4 Å². The molecule has 2 aromatic carbocycles. The summed E-state index contributed by atoms with van der Waals surface area (Å²) in [6.07, 6.45) is 8.26. The van der Waals surface area contributed by atoms with E-state index in [0.717, 1.165) is 16.9 Å². The Morgan fingerprint density at radius 2 is 1.76 bits per heavy atom. The summed E-state index contributed by atoms with van der Waals surface area (Å²) in [4.78, 5) is 12.7. The van der Waals surface area contributed by atoms with Crippen LogP contribution in [0.15, 0.2) is 60.7 Å². The van der Waals surface area contributed by atoms with Crippen molar-refractivity contribution in [1.29, 1.82) is 0 Å². The topological polar surface area (TPSA) is 55.8 Å². The highest BCUT2D eigenvalue weighted by Crippen LogP contribution is 2.30. The van der Waals surface area contributed by atoms with Crippen LogP contribution < -0.4 is 9.47 Å². The van der Waals surface area contributed by atoms with E-state index in [-0.39, 0.29) is 11.5 Å². The van der Waals surface area contributed by atoms with Gasteiger partial charge in [0, 0.05) is 17.2 Å². The molecule has 0 radical (unpaired) electrons. The van der Waals surface area contributed by atoms with Crippen LogP contribution in [-0.2, 0) is 12.8 Å². The fourth-order valence-corrected chi connectivity index (χ4v) is 2.93. The molecule has 0 aliphatic rings. The van der Waals surface area contributed by atoms with Gasteiger partial charge in [-0.1, -0.05) is 17.7 Å². The highest BCUT2D eigenvalue weighted by Gasteiger charge is 2.10. The molecule has 0 amide bonds. The van der Waals surface area contributed by atoms with Crippen LogP contribution >= 0.6 is 0 Å². The van der Waals surface area contributed by atoms with E-state index in [2.05, 4.69) is 12.7 Å². The molecule has 4 heteroatoms. The quantitative estimate of drug-likeness (QED) is 0.346. The van der Waals surface area contributed by atoms with Gasteiger partial charge in [0.05, 0.1) is 14.2 Å². The zero-order valence-corrected chi connectivity index (χ0v) is 17.5. The van der Waals surface area contributed by atoms with E-state index in [1.54, 1.807) is 37.5 Å². The Labute approximate surface area is 172 Å². The minimum Gasteiger partial charge on any atom is -0.508 e. The van der Waals surface area contributed by atoms with Crippen molar-refractivity contribution in [3.8, 4) is 17.2 Å². The van der Waals surface area contributed by atoms with Crippen molar-refractivity contribution in [3.63, 3.8) is 0 Å². The molecule has 0 aliphatic carbocycles. The zero-order valence-electron chi connectivity index (χ0n) is 17.5. The van der Waals surface area contributed by atoms with Crippen LogP contribution in [0.3, 0.4) is 0 Å². The Morgan fingerprint density at radius 3 is 2.38 bits per heavy atom. The fraction of sp³-hybridized carbons (Fsp3) is 0.240. The van der Waals surface area contributed by atoms with E-state index in [1.165, 1.54) is 18.8 Å². The number of ether oxygens (including phenoxy) is 2. The van der Waals surface area contributed by atoms with Gasteiger partial charge < -0.3 is 14.6 Å². The Hall–Kier alpha value is -3.27. The number of carbonyl (C=O) groups is 1. The third-order valence-corrected chi connectivity index (χ3v) is 4.50. The smallest absolute Gasteiger partial charge is 0.185 e. The number of benzene rings is 2. The molecule has 0 aliphatic heterocycles. The standard InChI is InChI=1S/C25H28O4/c1-6-7-18-14-21(25(29-5)16-23(18)27)10-12-22(26)19-11-13-24(28-4)20(15-19)9-8-17(2)3/h6,8,10-16,27H,1,7,9H2,2-5H3/b12-10+. The van der Waals surface area contributed by atoms with Crippen molar-refractivity contribution >= 4 is 11.9 Å². The third-order valence-electron chi connectivity index (χ3n) is 4.50. The van der Waals surface area contributed by atoms with Gasteiger partial charge in [-0.25, -0.2) is 0 Å². The lowest BCUT2D eigenvalue weighted by Crippen LogP contribution is -1.99. The number of allylic oxidation sites excluding steroid dienone is 4. The van der Waals surface area contributed by atoms with E-state index in [0.29, 0.717) is 29.7 Å². The van der Waals surface area contributed by atoms with Gasteiger partial charge >= 0.3 is 0 Å². The Bertz CT molecular complexity index is 948. The maximum absolute atomic E-state index is 12.7. The van der Waals surface area contributed by atoms with Gasteiger partial charge in [0.2, 0.25) is 0 Å². The molecular weight excluding hydrogens is 364 g/mol. The van der Waals surface area contributed by atoms with Gasteiger partial charge in [-0.3, -0.25) is 4.79 Å². The van der Waals surface area contributed by atoms with Gasteiger partial charge in [-0.15, -0.1) is 6.58 Å². The first kappa shape index (κ1) is 22.0. The van der Waals surface area contributed by atoms with Crippen LogP contribution in [0.25, 0.3) is 6.08 Å². The first-order chi connectivity index (χ1) is 13.9. The maximum Gasteiger partial charge on any atom is 0.185 e. The molecule has 1 N–H and O–H groups in total. The molecule has 0 atom stereocenters.